The fourth-order valence-electron chi connectivity index (χ4n) is 3.21. The molecule has 0 spiro atoms. The molecule has 2 rings (SSSR count). The summed E-state index contributed by atoms with van der Waals surface area (Å²) < 4.78 is 5.23. The van der Waals surface area contributed by atoms with Gasteiger partial charge < -0.3 is 31.7 Å². The monoisotopic (exact) mass is 451 g/mol. The number of anilines is 1. The Bertz CT molecular complexity index is 565. The van der Waals surface area contributed by atoms with E-state index in [0.29, 0.717) is 19.0 Å². The zero-order valence-corrected chi connectivity index (χ0v) is 20.9. The first-order valence-electron chi connectivity index (χ1n) is 12.3. The van der Waals surface area contributed by atoms with Crippen molar-refractivity contribution in [2.75, 3.05) is 63.9 Å². The molecule has 0 unspecified atom stereocenters. The summed E-state index contributed by atoms with van der Waals surface area (Å²) >= 11 is 0. The zero-order valence-electron chi connectivity index (χ0n) is 20.9. The van der Waals surface area contributed by atoms with E-state index in [4.69, 9.17) is 21.9 Å². The number of rotatable bonds is 13. The fourth-order valence-corrected chi connectivity index (χ4v) is 3.21. The molecule has 0 saturated carbocycles. The van der Waals surface area contributed by atoms with Gasteiger partial charge in [0.15, 0.2) is 0 Å². The summed E-state index contributed by atoms with van der Waals surface area (Å²) in [5.74, 6) is 0.299. The third-order valence-corrected chi connectivity index (χ3v) is 5.09. The zero-order chi connectivity index (χ0) is 24.0. The number of ether oxygens (including phenoxy) is 1. The Labute approximate surface area is 196 Å². The number of likely N-dealkylation sites (tertiary alicyclic amines) is 1. The van der Waals surface area contributed by atoms with Crippen LogP contribution in [0.25, 0.3) is 0 Å². The summed E-state index contributed by atoms with van der Waals surface area (Å²) in [4.78, 5) is 15.1. The topological polar surface area (TPSA) is 111 Å². The summed E-state index contributed by atoms with van der Waals surface area (Å²) in [6.45, 7) is 14.0. The van der Waals surface area contributed by atoms with Crippen LogP contribution < -0.4 is 22.1 Å². The van der Waals surface area contributed by atoms with Crippen molar-refractivity contribution in [3.05, 3.63) is 29.8 Å². The number of unbranched alkanes of at least 4 members (excludes halogenated alkanes) is 1. The minimum atomic E-state index is 0.299. The van der Waals surface area contributed by atoms with E-state index < -0.39 is 0 Å². The smallest absolute Gasteiger partial charge is 0.222 e. The maximum atomic E-state index is 11.0. The van der Waals surface area contributed by atoms with E-state index in [1.807, 2.05) is 4.90 Å². The first-order chi connectivity index (χ1) is 15.5. The number of carbonyl (C=O) groups is 1. The predicted octanol–water partition coefficient (Wildman–Crippen LogP) is 2.89. The van der Waals surface area contributed by atoms with Crippen molar-refractivity contribution in [2.24, 2.45) is 17.2 Å². The summed E-state index contributed by atoms with van der Waals surface area (Å²) in [5.41, 5.74) is 18.7. The standard InChI is InChI=1S/C11H18N2.C7H14N2O.C7H17NO/c1-3-13(8-7-12)11-6-4-5-10(2)9-11;8-4-2-6-9-5-1-3-7(9)10;1-2-3-6-9-7-4-5-8/h4-6,9H,3,7-8,12H2,1-2H3;1-6,8H2;2-8H2,1H3. The van der Waals surface area contributed by atoms with Crippen LogP contribution in [-0.4, -0.2) is 69.8 Å². The van der Waals surface area contributed by atoms with E-state index in [9.17, 15) is 4.79 Å². The van der Waals surface area contributed by atoms with Gasteiger partial charge in [-0.1, -0.05) is 25.5 Å². The molecule has 7 nitrogen and oxygen atoms in total. The highest BCUT2D eigenvalue weighted by Crippen LogP contribution is 2.14. The van der Waals surface area contributed by atoms with Gasteiger partial charge in [0.25, 0.3) is 0 Å². The largest absolute Gasteiger partial charge is 0.381 e. The molecule has 186 valence electrons. The average molecular weight is 452 g/mol. The predicted molar refractivity (Wildman–Crippen MR) is 137 cm³/mol. The van der Waals surface area contributed by atoms with Crippen LogP contribution in [0.2, 0.25) is 0 Å². The van der Waals surface area contributed by atoms with Crippen molar-refractivity contribution >= 4 is 11.6 Å². The lowest BCUT2D eigenvalue weighted by Gasteiger charge is -2.22. The molecule has 1 aliphatic rings. The van der Waals surface area contributed by atoms with Gasteiger partial charge >= 0.3 is 0 Å². The first kappa shape index (κ1) is 30.3. The molecule has 0 aromatic heterocycles. The Kier molecular flexibility index (Phi) is 20.1. The van der Waals surface area contributed by atoms with Crippen LogP contribution in [0.3, 0.4) is 0 Å². The van der Waals surface area contributed by atoms with Gasteiger partial charge in [-0.2, -0.15) is 0 Å². The number of nitrogens with two attached hydrogens (primary N) is 3. The number of likely N-dealkylation sites (N-methyl/N-ethyl adjacent to an activating group) is 1. The second kappa shape index (κ2) is 21.2. The molecule has 32 heavy (non-hydrogen) atoms. The molecule has 1 aliphatic heterocycles. The Morgan fingerprint density at radius 1 is 1.03 bits per heavy atom. The molecule has 1 fully saturated rings. The van der Waals surface area contributed by atoms with Gasteiger partial charge in [0.05, 0.1) is 0 Å². The van der Waals surface area contributed by atoms with E-state index in [2.05, 4.69) is 49.9 Å². The lowest BCUT2D eigenvalue weighted by Crippen LogP contribution is -2.28. The van der Waals surface area contributed by atoms with Crippen LogP contribution in [0.4, 0.5) is 5.69 Å². The molecule has 0 bridgehead atoms. The lowest BCUT2D eigenvalue weighted by atomic mass is 10.2. The fraction of sp³-hybridized carbons (Fsp3) is 0.720. The van der Waals surface area contributed by atoms with Gasteiger partial charge in [-0.05, 0) is 70.3 Å². The van der Waals surface area contributed by atoms with Crippen molar-refractivity contribution in [3.8, 4) is 0 Å². The normalized spacial score (nSPS) is 12.7. The average Bonchev–Trinajstić information content (AvgIpc) is 3.21. The minimum absolute atomic E-state index is 0.299. The molecule has 1 aromatic rings. The summed E-state index contributed by atoms with van der Waals surface area (Å²) in [5, 5.41) is 0. The molecule has 1 amide bonds. The van der Waals surface area contributed by atoms with Crippen molar-refractivity contribution in [1.82, 2.24) is 4.90 Å². The number of hydrogen-bond acceptors (Lipinski definition) is 6. The molecule has 1 saturated heterocycles. The molecular weight excluding hydrogens is 402 g/mol. The SMILES string of the molecule is CCCCOCCCN.CCN(CCN)c1cccc(C)c1.NCCCN1CCCC1=O. The van der Waals surface area contributed by atoms with E-state index >= 15 is 0 Å². The second-order valence-electron chi connectivity index (χ2n) is 7.94. The van der Waals surface area contributed by atoms with E-state index in [-0.39, 0.29) is 0 Å². The number of benzene rings is 1. The van der Waals surface area contributed by atoms with Crippen LogP contribution in [0, 0.1) is 6.92 Å². The maximum Gasteiger partial charge on any atom is 0.222 e. The van der Waals surface area contributed by atoms with Gasteiger partial charge in [-0.3, -0.25) is 4.79 Å². The highest BCUT2D eigenvalue weighted by molar-refractivity contribution is 5.77. The summed E-state index contributed by atoms with van der Waals surface area (Å²) in [6, 6.07) is 8.52. The van der Waals surface area contributed by atoms with Gasteiger partial charge in [0, 0.05) is 58.0 Å². The number of hydrogen-bond donors (Lipinski definition) is 3. The van der Waals surface area contributed by atoms with Crippen LogP contribution in [-0.2, 0) is 9.53 Å². The lowest BCUT2D eigenvalue weighted by molar-refractivity contribution is -0.127. The summed E-state index contributed by atoms with van der Waals surface area (Å²) in [7, 11) is 0. The molecule has 7 heteroatoms. The Morgan fingerprint density at radius 3 is 2.28 bits per heavy atom. The minimum Gasteiger partial charge on any atom is -0.381 e. The van der Waals surface area contributed by atoms with Crippen molar-refractivity contribution in [2.45, 2.75) is 59.3 Å². The quantitative estimate of drug-likeness (QED) is 0.398. The van der Waals surface area contributed by atoms with Gasteiger partial charge in [-0.25, -0.2) is 0 Å². The van der Waals surface area contributed by atoms with Crippen molar-refractivity contribution in [1.29, 1.82) is 0 Å². The Balaban J connectivity index is 0.000000461. The summed E-state index contributed by atoms with van der Waals surface area (Å²) in [6.07, 6.45) is 6.08. The highest BCUT2D eigenvalue weighted by atomic mass is 16.5. The highest BCUT2D eigenvalue weighted by Gasteiger charge is 2.18. The molecule has 6 N–H and O–H groups in total. The molecular formula is C25H49N5O2. The molecule has 1 heterocycles. The van der Waals surface area contributed by atoms with E-state index in [1.54, 1.807) is 0 Å². The number of nitrogens with zero attached hydrogens (tertiary/aromatic N) is 2. The Morgan fingerprint density at radius 2 is 1.75 bits per heavy atom. The van der Waals surface area contributed by atoms with E-state index in [1.165, 1.54) is 24.1 Å². The third kappa shape index (κ3) is 15.2. The molecule has 1 aromatic carbocycles. The van der Waals surface area contributed by atoms with Crippen molar-refractivity contribution < 1.29 is 9.53 Å². The van der Waals surface area contributed by atoms with Gasteiger partial charge in [-0.15, -0.1) is 0 Å². The second-order valence-corrected chi connectivity index (χ2v) is 7.94. The molecule has 0 atom stereocenters. The number of aryl methyl sites for hydroxylation is 1. The van der Waals surface area contributed by atoms with E-state index in [0.717, 1.165) is 71.6 Å². The van der Waals surface area contributed by atoms with Crippen LogP contribution >= 0.6 is 0 Å². The third-order valence-electron chi connectivity index (χ3n) is 5.09. The van der Waals surface area contributed by atoms with Crippen LogP contribution in [0.15, 0.2) is 24.3 Å². The first-order valence-corrected chi connectivity index (χ1v) is 12.3. The van der Waals surface area contributed by atoms with Crippen molar-refractivity contribution in [3.63, 3.8) is 0 Å². The number of amides is 1. The van der Waals surface area contributed by atoms with Gasteiger partial charge in [0.1, 0.15) is 0 Å². The number of carbonyl (C=O) groups excluding carboxylic acids is 1. The maximum absolute atomic E-state index is 11.0. The molecule has 0 aliphatic carbocycles. The van der Waals surface area contributed by atoms with Gasteiger partial charge in [0.2, 0.25) is 5.91 Å². The Hall–Kier alpha value is -1.67. The van der Waals surface area contributed by atoms with Crippen LogP contribution in [0.5, 0.6) is 0 Å². The molecule has 0 radical (unpaired) electrons. The van der Waals surface area contributed by atoms with Crippen LogP contribution in [0.1, 0.15) is 57.9 Å².